The van der Waals surface area contributed by atoms with Gasteiger partial charge in [0, 0.05) is 16.1 Å². The van der Waals surface area contributed by atoms with Crippen LogP contribution in [0.4, 0.5) is 0 Å². The highest BCUT2D eigenvalue weighted by Gasteiger charge is 2.08. The molecule has 0 fully saturated rings. The molecule has 1 aromatic heterocycles. The van der Waals surface area contributed by atoms with E-state index in [1.54, 1.807) is 16.7 Å². The first-order valence-electron chi connectivity index (χ1n) is 5.79. The van der Waals surface area contributed by atoms with E-state index in [2.05, 4.69) is 5.43 Å². The molecule has 100 valence electrons. The summed E-state index contributed by atoms with van der Waals surface area (Å²) >= 11 is 1.25. The van der Waals surface area contributed by atoms with E-state index in [0.717, 1.165) is 16.1 Å². The lowest BCUT2D eigenvalue weighted by atomic mass is 10.1. The number of rotatable bonds is 3. The second kappa shape index (κ2) is 5.38. The second-order valence-corrected chi connectivity index (χ2v) is 5.43. The van der Waals surface area contributed by atoms with Crippen LogP contribution in [-0.4, -0.2) is 10.5 Å². The molecule has 0 spiro atoms. The number of hydrazine groups is 1. The van der Waals surface area contributed by atoms with E-state index in [1.807, 2.05) is 26.0 Å². The summed E-state index contributed by atoms with van der Waals surface area (Å²) in [6, 6.07) is 7.03. The minimum Gasteiger partial charge on any atom is -0.299 e. The Morgan fingerprint density at radius 1 is 1.32 bits per heavy atom. The molecule has 0 bridgehead atoms. The summed E-state index contributed by atoms with van der Waals surface area (Å²) < 4.78 is 1.73. The maximum atomic E-state index is 11.8. The number of aromatic nitrogens is 1. The van der Waals surface area contributed by atoms with Crippen molar-refractivity contribution in [2.24, 2.45) is 5.84 Å². The third kappa shape index (κ3) is 2.74. The van der Waals surface area contributed by atoms with Gasteiger partial charge in [-0.05, 0) is 31.5 Å². The van der Waals surface area contributed by atoms with Gasteiger partial charge in [-0.1, -0.05) is 23.5 Å². The molecule has 0 aliphatic heterocycles. The Hall–Kier alpha value is -1.92. The van der Waals surface area contributed by atoms with E-state index < -0.39 is 0 Å². The Bertz CT molecular complexity index is 656. The van der Waals surface area contributed by atoms with E-state index in [1.165, 1.54) is 11.3 Å². The van der Waals surface area contributed by atoms with Crippen LogP contribution < -0.4 is 16.1 Å². The maximum absolute atomic E-state index is 11.8. The second-order valence-electron chi connectivity index (χ2n) is 4.27. The van der Waals surface area contributed by atoms with Crippen LogP contribution >= 0.6 is 11.3 Å². The molecule has 0 aliphatic rings. The standard InChI is InChI=1S/C13H15N3O2S/c1-8-9(2)19-13(18)16(8)7-10-3-5-11(6-4-10)12(17)15-14/h3-6H,7,14H2,1-2H3,(H,15,17). The van der Waals surface area contributed by atoms with Gasteiger partial charge in [0.25, 0.3) is 5.91 Å². The summed E-state index contributed by atoms with van der Waals surface area (Å²) in [4.78, 5) is 24.2. The zero-order chi connectivity index (χ0) is 14.0. The topological polar surface area (TPSA) is 77.1 Å². The van der Waals surface area contributed by atoms with Crippen LogP contribution in [0.5, 0.6) is 0 Å². The molecule has 0 saturated heterocycles. The molecule has 1 amide bonds. The highest BCUT2D eigenvalue weighted by molar-refractivity contribution is 7.09. The molecule has 6 heteroatoms. The fraction of sp³-hybridized carbons (Fsp3) is 0.231. The van der Waals surface area contributed by atoms with Gasteiger partial charge in [0.2, 0.25) is 0 Å². The number of nitrogens with one attached hydrogen (secondary N) is 1. The first-order valence-corrected chi connectivity index (χ1v) is 6.61. The number of nitrogens with two attached hydrogens (primary N) is 1. The Labute approximate surface area is 114 Å². The summed E-state index contributed by atoms with van der Waals surface area (Å²) in [5.74, 6) is 4.74. The quantitative estimate of drug-likeness (QED) is 0.502. The third-order valence-electron chi connectivity index (χ3n) is 3.06. The van der Waals surface area contributed by atoms with E-state index >= 15 is 0 Å². The van der Waals surface area contributed by atoms with Crippen molar-refractivity contribution in [1.82, 2.24) is 9.99 Å². The molecule has 1 aromatic carbocycles. The number of carbonyl (C=O) groups excluding carboxylic acids is 1. The Morgan fingerprint density at radius 2 is 1.95 bits per heavy atom. The number of nitrogen functional groups attached to an aromatic ring is 1. The zero-order valence-corrected chi connectivity index (χ0v) is 11.6. The van der Waals surface area contributed by atoms with Crippen LogP contribution in [0.1, 0.15) is 26.5 Å². The molecule has 0 atom stereocenters. The number of thiazole rings is 1. The number of hydrogen-bond donors (Lipinski definition) is 2. The summed E-state index contributed by atoms with van der Waals surface area (Å²) in [6.45, 7) is 4.38. The molecule has 5 nitrogen and oxygen atoms in total. The normalized spacial score (nSPS) is 10.5. The van der Waals surface area contributed by atoms with Crippen LogP contribution in [0.25, 0.3) is 0 Å². The number of aryl methyl sites for hydroxylation is 1. The first kappa shape index (κ1) is 13.5. The van der Waals surface area contributed by atoms with Crippen LogP contribution in [0.2, 0.25) is 0 Å². The van der Waals surface area contributed by atoms with E-state index in [-0.39, 0.29) is 10.8 Å². The van der Waals surface area contributed by atoms with Crippen LogP contribution in [0.15, 0.2) is 29.1 Å². The Kier molecular flexibility index (Phi) is 3.82. The lowest BCUT2D eigenvalue weighted by molar-refractivity contribution is 0.0953. The molecule has 3 N–H and O–H groups in total. The number of nitrogens with zero attached hydrogens (tertiary/aromatic N) is 1. The van der Waals surface area contributed by atoms with Gasteiger partial charge in [-0.15, -0.1) is 0 Å². The predicted molar refractivity (Wildman–Crippen MR) is 75.3 cm³/mol. The Balaban J connectivity index is 2.25. The van der Waals surface area contributed by atoms with Crippen molar-refractivity contribution in [3.8, 4) is 0 Å². The van der Waals surface area contributed by atoms with Crippen molar-refractivity contribution in [2.75, 3.05) is 0 Å². The lowest BCUT2D eigenvalue weighted by Crippen LogP contribution is -2.29. The van der Waals surface area contributed by atoms with Gasteiger partial charge in [-0.25, -0.2) is 5.84 Å². The third-order valence-corrected chi connectivity index (χ3v) is 4.06. The van der Waals surface area contributed by atoms with Gasteiger partial charge in [0.15, 0.2) is 0 Å². The van der Waals surface area contributed by atoms with Gasteiger partial charge in [0.1, 0.15) is 0 Å². The molecule has 19 heavy (non-hydrogen) atoms. The summed E-state index contributed by atoms with van der Waals surface area (Å²) in [5.41, 5.74) is 4.53. The van der Waals surface area contributed by atoms with Crippen molar-refractivity contribution in [3.63, 3.8) is 0 Å². The van der Waals surface area contributed by atoms with Crippen molar-refractivity contribution in [3.05, 3.63) is 55.6 Å². The van der Waals surface area contributed by atoms with Gasteiger partial charge < -0.3 is 0 Å². The van der Waals surface area contributed by atoms with Crippen molar-refractivity contribution in [1.29, 1.82) is 0 Å². The fourth-order valence-electron chi connectivity index (χ4n) is 1.80. The van der Waals surface area contributed by atoms with Gasteiger partial charge in [-0.3, -0.25) is 19.6 Å². The van der Waals surface area contributed by atoms with Crippen LogP contribution in [0, 0.1) is 13.8 Å². The molecule has 0 unspecified atom stereocenters. The maximum Gasteiger partial charge on any atom is 0.307 e. The van der Waals surface area contributed by atoms with Crippen molar-refractivity contribution >= 4 is 17.2 Å². The number of benzene rings is 1. The Morgan fingerprint density at radius 3 is 2.42 bits per heavy atom. The van der Waals surface area contributed by atoms with Crippen molar-refractivity contribution < 1.29 is 4.79 Å². The molecule has 2 rings (SSSR count). The van der Waals surface area contributed by atoms with Crippen LogP contribution in [0.3, 0.4) is 0 Å². The number of hydrogen-bond acceptors (Lipinski definition) is 4. The molecule has 1 heterocycles. The number of amides is 1. The first-order chi connectivity index (χ1) is 9.02. The highest BCUT2D eigenvalue weighted by Crippen LogP contribution is 2.12. The fourth-order valence-corrected chi connectivity index (χ4v) is 2.63. The van der Waals surface area contributed by atoms with Crippen LogP contribution in [-0.2, 0) is 6.54 Å². The minimum absolute atomic E-state index is 0.0405. The molecular formula is C13H15N3O2S. The summed E-state index contributed by atoms with van der Waals surface area (Å²) in [5, 5.41) is 0. The van der Waals surface area contributed by atoms with Gasteiger partial charge in [-0.2, -0.15) is 0 Å². The molecule has 0 saturated carbocycles. The highest BCUT2D eigenvalue weighted by atomic mass is 32.1. The summed E-state index contributed by atoms with van der Waals surface area (Å²) in [7, 11) is 0. The zero-order valence-electron chi connectivity index (χ0n) is 10.8. The van der Waals surface area contributed by atoms with Crippen molar-refractivity contribution in [2.45, 2.75) is 20.4 Å². The monoisotopic (exact) mass is 277 g/mol. The number of carbonyl (C=O) groups is 1. The average Bonchev–Trinajstić information content (AvgIpc) is 2.65. The van der Waals surface area contributed by atoms with Gasteiger partial charge >= 0.3 is 4.87 Å². The SMILES string of the molecule is Cc1sc(=O)n(Cc2ccc(C(=O)NN)cc2)c1C. The average molecular weight is 277 g/mol. The minimum atomic E-state index is -0.328. The predicted octanol–water partition coefficient (Wildman–Crippen LogP) is 1.18. The molecule has 0 radical (unpaired) electrons. The van der Waals surface area contributed by atoms with E-state index in [4.69, 9.17) is 5.84 Å². The lowest BCUT2D eigenvalue weighted by Gasteiger charge is -2.06. The molecule has 2 aromatic rings. The largest absolute Gasteiger partial charge is 0.307 e. The van der Waals surface area contributed by atoms with Gasteiger partial charge in [0.05, 0.1) is 6.54 Å². The van der Waals surface area contributed by atoms with E-state index in [9.17, 15) is 9.59 Å². The summed E-state index contributed by atoms with van der Waals surface area (Å²) in [6.07, 6.45) is 0. The van der Waals surface area contributed by atoms with E-state index in [0.29, 0.717) is 12.1 Å². The smallest absolute Gasteiger partial charge is 0.299 e. The molecular weight excluding hydrogens is 262 g/mol. The molecule has 0 aliphatic carbocycles.